The molecule has 2 aromatic rings. The van der Waals surface area contributed by atoms with Crippen molar-refractivity contribution in [3.05, 3.63) is 62.6 Å². The van der Waals surface area contributed by atoms with Crippen LogP contribution >= 0.6 is 23.2 Å². The minimum absolute atomic E-state index is 0.164. The van der Waals surface area contributed by atoms with Crippen LogP contribution in [0.1, 0.15) is 22.3 Å². The Balaban J connectivity index is 2.28. The Bertz CT molecular complexity index is 741. The number of halogens is 2. The van der Waals surface area contributed by atoms with E-state index in [0.29, 0.717) is 21.4 Å². The molecule has 23 heavy (non-hydrogen) atoms. The molecule has 0 saturated carbocycles. The molecule has 0 fully saturated rings. The maximum Gasteiger partial charge on any atom is 0.345 e. The molecule has 0 aromatic heterocycles. The van der Waals surface area contributed by atoms with Gasteiger partial charge in [0.1, 0.15) is 5.75 Å². The van der Waals surface area contributed by atoms with Gasteiger partial charge in [0, 0.05) is 16.5 Å². The lowest BCUT2D eigenvalue weighted by atomic mass is 10.0. The minimum atomic E-state index is -1.03. The van der Waals surface area contributed by atoms with Crippen LogP contribution in [0.4, 0.5) is 0 Å². The highest BCUT2D eigenvalue weighted by Gasteiger charge is 2.22. The predicted octanol–water partition coefficient (Wildman–Crippen LogP) is 4.99. The second kappa shape index (κ2) is 7.24. The van der Waals surface area contributed by atoms with E-state index in [1.54, 1.807) is 18.2 Å². The number of aryl methyl sites for hydroxylation is 2. The van der Waals surface area contributed by atoms with E-state index in [-0.39, 0.29) is 6.42 Å². The van der Waals surface area contributed by atoms with Gasteiger partial charge in [-0.1, -0.05) is 35.3 Å². The molecule has 3 nitrogen and oxygen atoms in total. The van der Waals surface area contributed by atoms with Crippen molar-refractivity contribution in [3.8, 4) is 5.75 Å². The molecule has 5 heteroatoms. The van der Waals surface area contributed by atoms with Crippen molar-refractivity contribution in [1.29, 1.82) is 0 Å². The monoisotopic (exact) mass is 352 g/mol. The number of ether oxygens (including phenoxy) is 1. The molecular weight excluding hydrogens is 335 g/mol. The Morgan fingerprint density at radius 3 is 2.48 bits per heavy atom. The Kier molecular flexibility index (Phi) is 5.55. The predicted molar refractivity (Wildman–Crippen MR) is 92.9 cm³/mol. The molecule has 1 N–H and O–H groups in total. The van der Waals surface area contributed by atoms with E-state index in [2.05, 4.69) is 0 Å². The summed E-state index contributed by atoms with van der Waals surface area (Å²) in [7, 11) is 0. The molecule has 0 aliphatic rings. The number of rotatable bonds is 5. The van der Waals surface area contributed by atoms with Crippen LogP contribution in [0.25, 0.3) is 0 Å². The van der Waals surface area contributed by atoms with Crippen LogP contribution in [-0.4, -0.2) is 17.2 Å². The zero-order chi connectivity index (χ0) is 17.1. The van der Waals surface area contributed by atoms with Crippen LogP contribution in [0.15, 0.2) is 30.3 Å². The summed E-state index contributed by atoms with van der Waals surface area (Å²) in [5.74, 6) is -0.449. The van der Waals surface area contributed by atoms with Crippen molar-refractivity contribution >= 4 is 29.2 Å². The zero-order valence-corrected chi connectivity index (χ0v) is 14.7. The summed E-state index contributed by atoms with van der Waals surface area (Å²) in [5, 5.41) is 10.4. The Morgan fingerprint density at radius 2 is 1.87 bits per heavy atom. The molecule has 0 spiro atoms. The van der Waals surface area contributed by atoms with E-state index < -0.39 is 12.1 Å². The maximum atomic E-state index is 11.6. The number of carboxylic acids is 1. The van der Waals surface area contributed by atoms with Crippen molar-refractivity contribution in [2.24, 2.45) is 0 Å². The molecule has 0 aliphatic carbocycles. The Morgan fingerprint density at radius 1 is 1.17 bits per heavy atom. The SMILES string of the molecule is Cc1cc(C)c(C)c(OC(Cc2ccc(Cl)cc2Cl)C(=O)O)c1. The Hall–Kier alpha value is -1.71. The van der Waals surface area contributed by atoms with Crippen LogP contribution < -0.4 is 4.74 Å². The van der Waals surface area contributed by atoms with Crippen LogP contribution in [0.5, 0.6) is 5.75 Å². The van der Waals surface area contributed by atoms with Gasteiger partial charge in [0.25, 0.3) is 0 Å². The quantitative estimate of drug-likeness (QED) is 0.823. The third-order valence-electron chi connectivity index (χ3n) is 3.73. The van der Waals surface area contributed by atoms with E-state index in [1.165, 1.54) is 0 Å². The number of hydrogen-bond acceptors (Lipinski definition) is 2. The van der Waals surface area contributed by atoms with Gasteiger partial charge in [0.15, 0.2) is 6.10 Å². The molecule has 0 heterocycles. The van der Waals surface area contributed by atoms with Crippen molar-refractivity contribution in [3.63, 3.8) is 0 Å². The molecule has 2 rings (SSSR count). The van der Waals surface area contributed by atoms with Gasteiger partial charge in [0.05, 0.1) is 0 Å². The number of aliphatic carboxylic acids is 1. The third kappa shape index (κ3) is 4.40. The molecular formula is C18H18Cl2O3. The van der Waals surface area contributed by atoms with Gasteiger partial charge >= 0.3 is 5.97 Å². The molecule has 0 radical (unpaired) electrons. The highest BCUT2D eigenvalue weighted by Crippen LogP contribution is 2.27. The van der Waals surface area contributed by atoms with Crippen molar-refractivity contribution in [2.45, 2.75) is 33.3 Å². The number of hydrogen-bond donors (Lipinski definition) is 1. The summed E-state index contributed by atoms with van der Waals surface area (Å²) in [6.07, 6.45) is -0.855. The number of benzene rings is 2. The smallest absolute Gasteiger partial charge is 0.345 e. The van der Waals surface area contributed by atoms with Gasteiger partial charge in [-0.3, -0.25) is 0 Å². The average molecular weight is 353 g/mol. The second-order valence-electron chi connectivity index (χ2n) is 5.59. The van der Waals surface area contributed by atoms with E-state index in [1.807, 2.05) is 32.9 Å². The highest BCUT2D eigenvalue weighted by molar-refractivity contribution is 6.35. The lowest BCUT2D eigenvalue weighted by Crippen LogP contribution is -2.30. The first-order valence-electron chi connectivity index (χ1n) is 7.19. The molecule has 2 aromatic carbocycles. The van der Waals surface area contributed by atoms with E-state index in [4.69, 9.17) is 27.9 Å². The fourth-order valence-corrected chi connectivity index (χ4v) is 2.83. The first-order valence-corrected chi connectivity index (χ1v) is 7.94. The maximum absolute atomic E-state index is 11.6. The largest absolute Gasteiger partial charge is 0.478 e. The summed E-state index contributed by atoms with van der Waals surface area (Å²) in [6, 6.07) is 8.89. The standard InChI is InChI=1S/C18H18Cl2O3/c1-10-6-11(2)12(3)16(7-10)23-17(18(21)22)8-13-4-5-14(19)9-15(13)20/h4-7,9,17H,8H2,1-3H3,(H,21,22). The molecule has 122 valence electrons. The van der Waals surface area contributed by atoms with Crippen LogP contribution in [-0.2, 0) is 11.2 Å². The van der Waals surface area contributed by atoms with Crippen molar-refractivity contribution < 1.29 is 14.6 Å². The first-order chi connectivity index (χ1) is 10.8. The summed E-state index contributed by atoms with van der Waals surface area (Å²) in [4.78, 5) is 11.6. The van der Waals surface area contributed by atoms with Crippen molar-refractivity contribution in [1.82, 2.24) is 0 Å². The second-order valence-corrected chi connectivity index (χ2v) is 6.43. The van der Waals surface area contributed by atoms with Crippen LogP contribution in [0.3, 0.4) is 0 Å². The zero-order valence-electron chi connectivity index (χ0n) is 13.2. The molecule has 0 saturated heterocycles. The lowest BCUT2D eigenvalue weighted by Gasteiger charge is -2.19. The normalized spacial score (nSPS) is 12.0. The molecule has 1 unspecified atom stereocenters. The molecule has 0 amide bonds. The molecule has 1 atom stereocenters. The third-order valence-corrected chi connectivity index (χ3v) is 4.32. The van der Waals surface area contributed by atoms with Gasteiger partial charge in [-0.05, 0) is 61.2 Å². The highest BCUT2D eigenvalue weighted by atomic mass is 35.5. The molecule has 0 bridgehead atoms. The van der Waals surface area contributed by atoms with E-state index in [9.17, 15) is 9.90 Å². The summed E-state index contributed by atoms with van der Waals surface area (Å²) in [6.45, 7) is 5.84. The van der Waals surface area contributed by atoms with Gasteiger partial charge in [-0.15, -0.1) is 0 Å². The fraction of sp³-hybridized carbons (Fsp3) is 0.278. The number of carbonyl (C=O) groups is 1. The van der Waals surface area contributed by atoms with Crippen LogP contribution in [0.2, 0.25) is 10.0 Å². The number of carboxylic acid groups (broad SMARTS) is 1. The summed E-state index contributed by atoms with van der Waals surface area (Å²) < 4.78 is 5.77. The van der Waals surface area contributed by atoms with E-state index >= 15 is 0 Å². The van der Waals surface area contributed by atoms with E-state index in [0.717, 1.165) is 16.7 Å². The summed E-state index contributed by atoms with van der Waals surface area (Å²) in [5.41, 5.74) is 3.71. The van der Waals surface area contributed by atoms with Gasteiger partial charge in [-0.25, -0.2) is 4.79 Å². The summed E-state index contributed by atoms with van der Waals surface area (Å²) >= 11 is 12.0. The van der Waals surface area contributed by atoms with Gasteiger partial charge in [-0.2, -0.15) is 0 Å². The Labute approximate surface area is 145 Å². The molecule has 0 aliphatic heterocycles. The van der Waals surface area contributed by atoms with Crippen LogP contribution in [0, 0.1) is 20.8 Å². The van der Waals surface area contributed by atoms with Gasteiger partial charge < -0.3 is 9.84 Å². The fourth-order valence-electron chi connectivity index (χ4n) is 2.34. The lowest BCUT2D eigenvalue weighted by molar-refractivity contribution is -0.145. The average Bonchev–Trinajstić information content (AvgIpc) is 2.45. The topological polar surface area (TPSA) is 46.5 Å². The van der Waals surface area contributed by atoms with Crippen molar-refractivity contribution in [2.75, 3.05) is 0 Å². The minimum Gasteiger partial charge on any atom is -0.478 e. The van der Waals surface area contributed by atoms with Gasteiger partial charge in [0.2, 0.25) is 0 Å². The first kappa shape index (κ1) is 17.6.